The van der Waals surface area contributed by atoms with Crippen molar-refractivity contribution in [3.63, 3.8) is 0 Å². The maximum atomic E-state index is 13.5. The van der Waals surface area contributed by atoms with Crippen LogP contribution in [0.3, 0.4) is 0 Å². The van der Waals surface area contributed by atoms with Gasteiger partial charge in [-0.2, -0.15) is 0 Å². The summed E-state index contributed by atoms with van der Waals surface area (Å²) in [5.41, 5.74) is -0.0283. The average Bonchev–Trinajstić information content (AvgIpc) is 2.82. The third-order valence-corrected chi connectivity index (χ3v) is 2.78. The molecule has 0 aliphatic heterocycles. The van der Waals surface area contributed by atoms with Crippen molar-refractivity contribution in [2.75, 3.05) is 5.32 Å². The molecule has 1 aromatic heterocycles. The molecule has 98 valence electrons. The SMILES string of the molecule is O=C(Nc1ccc(Br)cc1F)c1ccc([N+](=O)[O-])[nH]1. The van der Waals surface area contributed by atoms with E-state index in [1.807, 2.05) is 0 Å². The fourth-order valence-electron chi connectivity index (χ4n) is 1.40. The number of anilines is 1. The molecule has 0 bridgehead atoms. The van der Waals surface area contributed by atoms with Gasteiger partial charge in [0, 0.05) is 10.5 Å². The van der Waals surface area contributed by atoms with Crippen LogP contribution in [0.1, 0.15) is 10.5 Å². The van der Waals surface area contributed by atoms with Crippen LogP contribution in [0.5, 0.6) is 0 Å². The summed E-state index contributed by atoms with van der Waals surface area (Å²) in [4.78, 5) is 23.9. The molecular formula is C11H7BrFN3O3. The molecule has 0 radical (unpaired) electrons. The van der Waals surface area contributed by atoms with Gasteiger partial charge in [-0.3, -0.25) is 4.79 Å². The molecule has 0 aliphatic rings. The van der Waals surface area contributed by atoms with Crippen LogP contribution in [0, 0.1) is 15.9 Å². The number of rotatable bonds is 3. The zero-order valence-corrected chi connectivity index (χ0v) is 10.9. The van der Waals surface area contributed by atoms with Gasteiger partial charge in [0.2, 0.25) is 0 Å². The Hall–Kier alpha value is -2.22. The fourth-order valence-corrected chi connectivity index (χ4v) is 1.74. The van der Waals surface area contributed by atoms with Crippen LogP contribution >= 0.6 is 15.9 Å². The molecule has 1 heterocycles. The molecular weight excluding hydrogens is 321 g/mol. The highest BCUT2D eigenvalue weighted by atomic mass is 79.9. The van der Waals surface area contributed by atoms with Gasteiger partial charge in [0.1, 0.15) is 5.82 Å². The number of hydrogen-bond acceptors (Lipinski definition) is 3. The van der Waals surface area contributed by atoms with Gasteiger partial charge in [-0.05, 0) is 29.2 Å². The van der Waals surface area contributed by atoms with Crippen molar-refractivity contribution >= 4 is 33.3 Å². The Kier molecular flexibility index (Phi) is 3.61. The lowest BCUT2D eigenvalue weighted by Crippen LogP contribution is -2.13. The van der Waals surface area contributed by atoms with Crippen molar-refractivity contribution in [3.05, 3.63) is 56.4 Å². The second-order valence-corrected chi connectivity index (χ2v) is 4.51. The number of benzene rings is 1. The predicted molar refractivity (Wildman–Crippen MR) is 69.5 cm³/mol. The van der Waals surface area contributed by atoms with E-state index in [0.29, 0.717) is 4.47 Å². The van der Waals surface area contributed by atoms with Crippen LogP contribution < -0.4 is 5.32 Å². The van der Waals surface area contributed by atoms with Crippen LogP contribution in [0.15, 0.2) is 34.8 Å². The van der Waals surface area contributed by atoms with E-state index in [2.05, 4.69) is 26.2 Å². The Morgan fingerprint density at radius 3 is 2.68 bits per heavy atom. The summed E-state index contributed by atoms with van der Waals surface area (Å²) in [6.07, 6.45) is 0. The first-order valence-electron chi connectivity index (χ1n) is 5.07. The third-order valence-electron chi connectivity index (χ3n) is 2.29. The van der Waals surface area contributed by atoms with E-state index in [0.717, 1.165) is 6.07 Å². The van der Waals surface area contributed by atoms with E-state index in [1.54, 1.807) is 6.07 Å². The molecule has 0 fully saturated rings. The summed E-state index contributed by atoms with van der Waals surface area (Å²) >= 11 is 3.09. The van der Waals surface area contributed by atoms with E-state index in [9.17, 15) is 19.3 Å². The summed E-state index contributed by atoms with van der Waals surface area (Å²) < 4.78 is 14.0. The molecule has 19 heavy (non-hydrogen) atoms. The van der Waals surface area contributed by atoms with Gasteiger partial charge < -0.3 is 15.4 Å². The number of amides is 1. The quantitative estimate of drug-likeness (QED) is 0.670. The molecule has 2 rings (SSSR count). The number of H-pyrrole nitrogens is 1. The van der Waals surface area contributed by atoms with Crippen molar-refractivity contribution < 1.29 is 14.1 Å². The maximum absolute atomic E-state index is 13.5. The molecule has 0 saturated carbocycles. The highest BCUT2D eigenvalue weighted by molar-refractivity contribution is 9.10. The molecule has 0 saturated heterocycles. The van der Waals surface area contributed by atoms with Crippen molar-refractivity contribution in [1.82, 2.24) is 4.98 Å². The number of hydrogen-bond donors (Lipinski definition) is 2. The van der Waals surface area contributed by atoms with Crippen LogP contribution in [0.4, 0.5) is 15.9 Å². The summed E-state index contributed by atoms with van der Waals surface area (Å²) in [6.45, 7) is 0. The molecule has 6 nitrogen and oxygen atoms in total. The molecule has 2 aromatic rings. The first kappa shape index (κ1) is 13.2. The number of halogens is 2. The minimum absolute atomic E-state index is 0.00884. The van der Waals surface area contributed by atoms with Crippen molar-refractivity contribution in [1.29, 1.82) is 0 Å². The normalized spacial score (nSPS) is 10.2. The second-order valence-electron chi connectivity index (χ2n) is 3.59. The molecule has 8 heteroatoms. The number of nitrogens with one attached hydrogen (secondary N) is 2. The molecule has 0 spiro atoms. The van der Waals surface area contributed by atoms with Gasteiger partial charge in [-0.1, -0.05) is 15.9 Å². The Morgan fingerprint density at radius 1 is 1.37 bits per heavy atom. The van der Waals surface area contributed by atoms with Crippen molar-refractivity contribution in [3.8, 4) is 0 Å². The Bertz CT molecular complexity index is 656. The van der Waals surface area contributed by atoms with Gasteiger partial charge in [0.25, 0.3) is 5.91 Å². The van der Waals surface area contributed by atoms with E-state index >= 15 is 0 Å². The largest absolute Gasteiger partial charge is 0.358 e. The summed E-state index contributed by atoms with van der Waals surface area (Å²) in [5, 5.41) is 12.8. The lowest BCUT2D eigenvalue weighted by atomic mass is 10.3. The Labute approximate surface area is 114 Å². The van der Waals surface area contributed by atoms with E-state index in [4.69, 9.17) is 0 Å². The highest BCUT2D eigenvalue weighted by Gasteiger charge is 2.16. The van der Waals surface area contributed by atoms with Crippen LogP contribution in [0.2, 0.25) is 0 Å². The van der Waals surface area contributed by atoms with Gasteiger partial charge in [-0.15, -0.1) is 0 Å². The zero-order chi connectivity index (χ0) is 14.0. The lowest BCUT2D eigenvalue weighted by molar-refractivity contribution is -0.389. The molecule has 0 aliphatic carbocycles. The minimum Gasteiger partial charge on any atom is -0.358 e. The van der Waals surface area contributed by atoms with Crippen LogP contribution in [-0.2, 0) is 0 Å². The maximum Gasteiger partial charge on any atom is 0.321 e. The highest BCUT2D eigenvalue weighted by Crippen LogP contribution is 2.20. The summed E-state index contributed by atoms with van der Waals surface area (Å²) in [5.74, 6) is -1.57. The molecule has 1 aromatic carbocycles. The Balaban J connectivity index is 2.18. The number of carbonyl (C=O) groups excluding carboxylic acids is 1. The summed E-state index contributed by atoms with van der Waals surface area (Å²) in [6, 6.07) is 6.56. The minimum atomic E-state index is -0.658. The number of aromatic amines is 1. The summed E-state index contributed by atoms with van der Waals surface area (Å²) in [7, 11) is 0. The monoisotopic (exact) mass is 327 g/mol. The van der Waals surface area contributed by atoms with Crippen LogP contribution in [-0.4, -0.2) is 15.8 Å². The standard InChI is InChI=1S/C11H7BrFN3O3/c12-6-1-2-8(7(13)5-6)15-11(17)9-3-4-10(14-9)16(18)19/h1-5,14H,(H,15,17). The van der Waals surface area contributed by atoms with Gasteiger partial charge in [-0.25, -0.2) is 9.37 Å². The van der Waals surface area contributed by atoms with E-state index < -0.39 is 16.6 Å². The second kappa shape index (κ2) is 5.19. The topological polar surface area (TPSA) is 88.0 Å². The van der Waals surface area contributed by atoms with Gasteiger partial charge in [0.05, 0.1) is 5.69 Å². The van der Waals surface area contributed by atoms with E-state index in [-0.39, 0.29) is 17.2 Å². The van der Waals surface area contributed by atoms with Crippen molar-refractivity contribution in [2.24, 2.45) is 0 Å². The number of nitro groups is 1. The predicted octanol–water partition coefficient (Wildman–Crippen LogP) is 3.08. The average molecular weight is 328 g/mol. The first-order chi connectivity index (χ1) is 8.97. The smallest absolute Gasteiger partial charge is 0.321 e. The number of aromatic nitrogens is 1. The third kappa shape index (κ3) is 2.97. The van der Waals surface area contributed by atoms with Gasteiger partial charge in [0.15, 0.2) is 5.69 Å². The fraction of sp³-hybridized carbons (Fsp3) is 0. The number of carbonyl (C=O) groups is 1. The zero-order valence-electron chi connectivity index (χ0n) is 9.31. The molecule has 0 atom stereocenters. The van der Waals surface area contributed by atoms with E-state index in [1.165, 1.54) is 18.2 Å². The Morgan fingerprint density at radius 2 is 2.11 bits per heavy atom. The molecule has 0 unspecified atom stereocenters. The molecule has 1 amide bonds. The van der Waals surface area contributed by atoms with Crippen LogP contribution in [0.25, 0.3) is 0 Å². The number of nitrogens with zero attached hydrogens (tertiary/aromatic N) is 1. The first-order valence-corrected chi connectivity index (χ1v) is 5.86. The van der Waals surface area contributed by atoms with Gasteiger partial charge >= 0.3 is 5.82 Å². The molecule has 2 N–H and O–H groups in total. The lowest BCUT2D eigenvalue weighted by Gasteiger charge is -2.04. The van der Waals surface area contributed by atoms with Crippen molar-refractivity contribution in [2.45, 2.75) is 0 Å².